The number of rotatable bonds is 3. The van der Waals surface area contributed by atoms with Gasteiger partial charge in [0.2, 0.25) is 0 Å². The van der Waals surface area contributed by atoms with Crippen LogP contribution in [0.25, 0.3) is 11.0 Å². The summed E-state index contributed by atoms with van der Waals surface area (Å²) in [6, 6.07) is 3.43. The number of hydrogen-bond donors (Lipinski definition) is 2. The van der Waals surface area contributed by atoms with Crippen LogP contribution in [0.5, 0.6) is 5.75 Å². The van der Waals surface area contributed by atoms with Gasteiger partial charge in [0.25, 0.3) is 5.91 Å². The molecule has 0 unspecified atom stereocenters. The molecule has 4 rings (SSSR count). The maximum atomic E-state index is 13.0. The molecule has 0 saturated heterocycles. The van der Waals surface area contributed by atoms with Gasteiger partial charge in [-0.1, -0.05) is 23.2 Å². The van der Waals surface area contributed by atoms with Gasteiger partial charge in [-0.3, -0.25) is 9.78 Å². The van der Waals surface area contributed by atoms with E-state index in [4.69, 9.17) is 32.4 Å². The topological polar surface area (TPSA) is 76.4 Å². The van der Waals surface area contributed by atoms with Gasteiger partial charge >= 0.3 is 0 Å². The van der Waals surface area contributed by atoms with Crippen LogP contribution in [0, 0.1) is 0 Å². The number of benzene rings is 1. The van der Waals surface area contributed by atoms with Gasteiger partial charge in [0, 0.05) is 42.9 Å². The molecule has 3 aromatic rings. The lowest BCUT2D eigenvalue weighted by molar-refractivity contribution is 0.102. The van der Waals surface area contributed by atoms with E-state index in [1.54, 1.807) is 19.2 Å². The molecule has 0 aliphatic carbocycles. The van der Waals surface area contributed by atoms with Crippen LogP contribution >= 0.6 is 35.6 Å². The van der Waals surface area contributed by atoms with Crippen LogP contribution in [0.3, 0.4) is 0 Å². The molecule has 0 radical (unpaired) electrons. The lowest BCUT2D eigenvalue weighted by Gasteiger charge is -2.13. The monoisotopic (exact) mass is 427 g/mol. The molecule has 9 heteroatoms. The first-order valence-electron chi connectivity index (χ1n) is 8.02. The summed E-state index contributed by atoms with van der Waals surface area (Å²) in [5.41, 5.74) is 2.34. The molecular formula is C18H16Cl3N3O3. The number of furan rings is 1. The third-order valence-electron chi connectivity index (χ3n) is 4.37. The fourth-order valence-corrected chi connectivity index (χ4v) is 3.61. The normalized spacial score (nSPS) is 13.0. The summed E-state index contributed by atoms with van der Waals surface area (Å²) < 4.78 is 11.4. The summed E-state index contributed by atoms with van der Waals surface area (Å²) in [5.74, 6) is 1.13. The van der Waals surface area contributed by atoms with E-state index in [0.717, 1.165) is 29.7 Å². The predicted octanol–water partition coefficient (Wildman–Crippen LogP) is 4.46. The van der Waals surface area contributed by atoms with Gasteiger partial charge in [-0.25, -0.2) is 0 Å². The number of anilines is 1. The van der Waals surface area contributed by atoms with Gasteiger partial charge in [-0.2, -0.15) is 0 Å². The summed E-state index contributed by atoms with van der Waals surface area (Å²) in [5, 5.41) is 7.36. The average molecular weight is 429 g/mol. The minimum absolute atomic E-state index is 0. The molecule has 1 aliphatic rings. The van der Waals surface area contributed by atoms with Gasteiger partial charge in [0.1, 0.15) is 5.76 Å². The smallest absolute Gasteiger partial charge is 0.256 e. The second-order valence-electron chi connectivity index (χ2n) is 5.88. The number of carbonyl (C=O) groups is 1. The molecule has 1 aliphatic heterocycles. The van der Waals surface area contributed by atoms with E-state index >= 15 is 0 Å². The van der Waals surface area contributed by atoms with Crippen LogP contribution in [-0.4, -0.2) is 24.5 Å². The highest BCUT2D eigenvalue weighted by molar-refractivity contribution is 6.39. The summed E-state index contributed by atoms with van der Waals surface area (Å²) in [4.78, 5) is 16.9. The van der Waals surface area contributed by atoms with Crippen molar-refractivity contribution in [1.29, 1.82) is 0 Å². The minimum atomic E-state index is -0.332. The van der Waals surface area contributed by atoms with Crippen molar-refractivity contribution in [3.8, 4) is 5.75 Å². The molecule has 0 bridgehead atoms. The van der Waals surface area contributed by atoms with Gasteiger partial charge in [-0.15, -0.1) is 12.4 Å². The summed E-state index contributed by atoms with van der Waals surface area (Å²) in [6.45, 7) is 1.46. The summed E-state index contributed by atoms with van der Waals surface area (Å²) in [7, 11) is 1.57. The third kappa shape index (κ3) is 3.46. The van der Waals surface area contributed by atoms with Crippen molar-refractivity contribution < 1.29 is 13.9 Å². The van der Waals surface area contributed by atoms with Crippen molar-refractivity contribution in [3.63, 3.8) is 0 Å². The second kappa shape index (κ2) is 7.94. The molecule has 0 atom stereocenters. The van der Waals surface area contributed by atoms with Crippen LogP contribution < -0.4 is 15.4 Å². The van der Waals surface area contributed by atoms with Gasteiger partial charge in [0.15, 0.2) is 11.3 Å². The number of halogens is 3. The zero-order valence-corrected chi connectivity index (χ0v) is 16.6. The second-order valence-corrected chi connectivity index (χ2v) is 6.70. The standard InChI is InChI=1S/C18H15Cl2N3O3.ClH/c1-25-14-3-2-9(15-10-6-21-5-4-13(10)26-17(14)15)18(24)23-16-11(19)7-22-8-12(16)20;/h2-3,7-8,21H,4-6H2,1H3,(H,22,23,24);1H. The molecule has 0 spiro atoms. The minimum Gasteiger partial charge on any atom is -0.493 e. The number of carbonyl (C=O) groups excluding carboxylic acids is 1. The lowest BCUT2D eigenvalue weighted by atomic mass is 10.0. The summed E-state index contributed by atoms with van der Waals surface area (Å²) in [6.07, 6.45) is 3.61. The Bertz CT molecular complexity index is 1000. The fraction of sp³-hybridized carbons (Fsp3) is 0.222. The number of aromatic nitrogens is 1. The van der Waals surface area contributed by atoms with Crippen LogP contribution in [-0.2, 0) is 13.0 Å². The van der Waals surface area contributed by atoms with E-state index in [-0.39, 0.29) is 28.4 Å². The van der Waals surface area contributed by atoms with Crippen molar-refractivity contribution in [2.45, 2.75) is 13.0 Å². The largest absolute Gasteiger partial charge is 0.493 e. The van der Waals surface area contributed by atoms with Gasteiger partial charge < -0.3 is 19.8 Å². The Kier molecular flexibility index (Phi) is 5.81. The highest BCUT2D eigenvalue weighted by Crippen LogP contribution is 2.37. The number of ether oxygens (including phenoxy) is 1. The molecule has 3 heterocycles. The molecular weight excluding hydrogens is 413 g/mol. The van der Waals surface area contributed by atoms with E-state index in [0.29, 0.717) is 29.1 Å². The fourth-order valence-electron chi connectivity index (χ4n) is 3.15. The van der Waals surface area contributed by atoms with Crippen molar-refractivity contribution in [3.05, 3.63) is 51.5 Å². The number of pyridine rings is 1. The first kappa shape index (κ1) is 19.8. The average Bonchev–Trinajstić information content (AvgIpc) is 3.03. The third-order valence-corrected chi connectivity index (χ3v) is 4.95. The Morgan fingerprint density at radius 2 is 2.04 bits per heavy atom. The van der Waals surface area contributed by atoms with Crippen LogP contribution in [0.1, 0.15) is 21.7 Å². The predicted molar refractivity (Wildman–Crippen MR) is 108 cm³/mol. The molecule has 2 aromatic heterocycles. The maximum Gasteiger partial charge on any atom is 0.256 e. The Labute approximate surface area is 171 Å². The molecule has 2 N–H and O–H groups in total. The van der Waals surface area contributed by atoms with Crippen molar-refractivity contribution in [2.24, 2.45) is 0 Å². The quantitative estimate of drug-likeness (QED) is 0.644. The van der Waals surface area contributed by atoms with Crippen molar-refractivity contribution >= 4 is 58.2 Å². The molecule has 0 fully saturated rings. The highest BCUT2D eigenvalue weighted by atomic mass is 35.5. The number of amides is 1. The molecule has 0 saturated carbocycles. The van der Waals surface area contributed by atoms with Gasteiger partial charge in [0.05, 0.1) is 28.4 Å². The molecule has 1 amide bonds. The van der Waals surface area contributed by atoms with Crippen LogP contribution in [0.4, 0.5) is 5.69 Å². The van der Waals surface area contributed by atoms with E-state index in [2.05, 4.69) is 15.6 Å². The Morgan fingerprint density at radius 1 is 1.30 bits per heavy atom. The summed E-state index contributed by atoms with van der Waals surface area (Å²) >= 11 is 12.2. The Morgan fingerprint density at radius 3 is 2.74 bits per heavy atom. The first-order chi connectivity index (χ1) is 12.6. The molecule has 27 heavy (non-hydrogen) atoms. The molecule has 142 valence electrons. The first-order valence-corrected chi connectivity index (χ1v) is 8.78. The zero-order chi connectivity index (χ0) is 18.3. The molecule has 1 aromatic carbocycles. The number of fused-ring (bicyclic) bond motifs is 3. The van der Waals surface area contributed by atoms with Crippen molar-refractivity contribution in [2.75, 3.05) is 19.0 Å². The van der Waals surface area contributed by atoms with Crippen molar-refractivity contribution in [1.82, 2.24) is 10.3 Å². The van der Waals surface area contributed by atoms with Crippen LogP contribution in [0.15, 0.2) is 28.9 Å². The highest BCUT2D eigenvalue weighted by Gasteiger charge is 2.25. The van der Waals surface area contributed by atoms with Crippen LogP contribution in [0.2, 0.25) is 10.0 Å². The zero-order valence-electron chi connectivity index (χ0n) is 14.3. The number of methoxy groups -OCH3 is 1. The maximum absolute atomic E-state index is 13.0. The number of nitrogens with one attached hydrogen (secondary N) is 2. The van der Waals surface area contributed by atoms with E-state index in [1.807, 2.05) is 0 Å². The SMILES string of the molecule is COc1ccc(C(=O)Nc2c(Cl)cncc2Cl)c2c3c(oc12)CCNC3.Cl. The van der Waals surface area contributed by atoms with E-state index < -0.39 is 0 Å². The Balaban J connectivity index is 0.00000210. The Hall–Kier alpha value is -1.99. The van der Waals surface area contributed by atoms with E-state index in [1.165, 1.54) is 12.4 Å². The van der Waals surface area contributed by atoms with E-state index in [9.17, 15) is 4.79 Å². The number of nitrogens with zero attached hydrogens (tertiary/aromatic N) is 1. The lowest BCUT2D eigenvalue weighted by Crippen LogP contribution is -2.23. The van der Waals surface area contributed by atoms with Gasteiger partial charge in [-0.05, 0) is 12.1 Å². The number of hydrogen-bond acceptors (Lipinski definition) is 5. The molecule has 6 nitrogen and oxygen atoms in total.